The van der Waals surface area contributed by atoms with Gasteiger partial charge in [0.25, 0.3) is 0 Å². The predicted molar refractivity (Wildman–Crippen MR) is 186 cm³/mol. The van der Waals surface area contributed by atoms with Crippen molar-refractivity contribution in [2.24, 2.45) is 47.3 Å². The molecular weight excluding hydrogens is 590 g/mol. The van der Waals surface area contributed by atoms with Crippen LogP contribution in [0.25, 0.3) is 0 Å². The topological polar surface area (TPSA) is 86.4 Å². The number of piperidine rings is 1. The van der Waals surface area contributed by atoms with Gasteiger partial charge in [0.2, 0.25) is 11.8 Å². The summed E-state index contributed by atoms with van der Waals surface area (Å²) in [4.78, 5) is 34.9. The van der Waals surface area contributed by atoms with E-state index >= 15 is 0 Å². The van der Waals surface area contributed by atoms with Crippen molar-refractivity contribution >= 4 is 11.8 Å². The molecule has 0 radical (unpaired) electrons. The third-order valence-corrected chi connectivity index (χ3v) is 13.5. The maximum absolute atomic E-state index is 14.1. The molecule has 2 aliphatic carbocycles. The normalized spacial score (nSPS) is 38.6. The number of morpholine rings is 1. The molecule has 6 rings (SSSR count). The van der Waals surface area contributed by atoms with Crippen LogP contribution in [0.3, 0.4) is 0 Å². The minimum Gasteiger partial charge on any atom is -0.381 e. The van der Waals surface area contributed by atoms with Gasteiger partial charge in [0.15, 0.2) is 0 Å². The quantitative estimate of drug-likeness (QED) is 0.349. The predicted octanol–water partition coefficient (Wildman–Crippen LogP) is 3.87. The van der Waals surface area contributed by atoms with E-state index in [2.05, 4.69) is 53.0 Å². The van der Waals surface area contributed by atoms with Gasteiger partial charge in [-0.2, -0.15) is 0 Å². The molecule has 47 heavy (non-hydrogen) atoms. The molecule has 6 aliphatic rings. The fourth-order valence-electron chi connectivity index (χ4n) is 10.7. The molecule has 0 aromatic rings. The van der Waals surface area contributed by atoms with E-state index in [1.807, 2.05) is 0 Å². The lowest BCUT2D eigenvalue weighted by Gasteiger charge is -2.50. The number of hydrogen-bond acceptors (Lipinski definition) is 7. The maximum Gasteiger partial charge on any atom is 0.225 e. The molecule has 0 bridgehead atoms. The van der Waals surface area contributed by atoms with Crippen LogP contribution in [0.4, 0.5) is 0 Å². The number of carbonyl (C=O) groups excluding carboxylic acids is 2. The Morgan fingerprint density at radius 3 is 2.21 bits per heavy atom. The van der Waals surface area contributed by atoms with Gasteiger partial charge in [-0.3, -0.25) is 19.4 Å². The molecule has 4 saturated heterocycles. The molecule has 9 heteroatoms. The van der Waals surface area contributed by atoms with Crippen LogP contribution in [0.5, 0.6) is 0 Å². The summed E-state index contributed by atoms with van der Waals surface area (Å²) in [5.74, 6) is 3.74. The molecule has 2 saturated carbocycles. The molecule has 6 fully saturated rings. The summed E-state index contributed by atoms with van der Waals surface area (Å²) in [6, 6.07) is 1.20. The number of rotatable bonds is 11. The molecule has 0 aromatic carbocycles. The zero-order chi connectivity index (χ0) is 32.9. The largest absolute Gasteiger partial charge is 0.381 e. The second-order valence-corrected chi connectivity index (χ2v) is 16.7. The van der Waals surface area contributed by atoms with E-state index < -0.39 is 0 Å². The first kappa shape index (κ1) is 35.6. The summed E-state index contributed by atoms with van der Waals surface area (Å²) in [5, 5.41) is 6.44. The highest BCUT2D eigenvalue weighted by Crippen LogP contribution is 2.46. The monoisotopic (exact) mass is 658 g/mol. The first-order valence-electron chi connectivity index (χ1n) is 19.7. The molecule has 9 nitrogen and oxygen atoms in total. The lowest BCUT2D eigenvalue weighted by Crippen LogP contribution is -2.56. The van der Waals surface area contributed by atoms with Gasteiger partial charge in [-0.15, -0.1) is 0 Å². The van der Waals surface area contributed by atoms with Crippen molar-refractivity contribution < 1.29 is 19.1 Å². The van der Waals surface area contributed by atoms with Crippen LogP contribution >= 0.6 is 0 Å². The van der Waals surface area contributed by atoms with Crippen molar-refractivity contribution in [3.05, 3.63) is 0 Å². The Labute approximate surface area is 285 Å². The van der Waals surface area contributed by atoms with Gasteiger partial charge in [0.05, 0.1) is 19.1 Å². The van der Waals surface area contributed by atoms with Crippen LogP contribution in [-0.4, -0.2) is 123 Å². The van der Waals surface area contributed by atoms with Gasteiger partial charge in [-0.25, -0.2) is 0 Å². The highest BCUT2D eigenvalue weighted by Gasteiger charge is 2.45. The van der Waals surface area contributed by atoms with E-state index in [-0.39, 0.29) is 35.6 Å². The summed E-state index contributed by atoms with van der Waals surface area (Å²) in [7, 11) is 0. The smallest absolute Gasteiger partial charge is 0.225 e. The molecular formula is C38H67N5O4. The Morgan fingerprint density at radius 1 is 0.851 bits per heavy atom. The molecule has 268 valence electrons. The number of likely N-dealkylation sites (tertiary alicyclic amines) is 1. The van der Waals surface area contributed by atoms with Gasteiger partial charge in [0.1, 0.15) is 0 Å². The third kappa shape index (κ3) is 8.92. The highest BCUT2D eigenvalue weighted by molar-refractivity contribution is 5.83. The Balaban J connectivity index is 1.04. The second-order valence-electron chi connectivity index (χ2n) is 16.7. The van der Waals surface area contributed by atoms with E-state index in [1.165, 1.54) is 58.3 Å². The summed E-state index contributed by atoms with van der Waals surface area (Å²) >= 11 is 0. The maximum atomic E-state index is 14.1. The first-order valence-corrected chi connectivity index (χ1v) is 19.7. The molecule has 7 atom stereocenters. The molecule has 0 spiro atoms. The lowest BCUT2D eigenvalue weighted by molar-refractivity contribution is -0.133. The van der Waals surface area contributed by atoms with Gasteiger partial charge in [-0.05, 0) is 107 Å². The number of hydrogen-bond donors (Lipinski definition) is 2. The number of nitrogens with one attached hydrogen (secondary N) is 2. The van der Waals surface area contributed by atoms with Gasteiger partial charge < -0.3 is 25.0 Å². The minimum absolute atomic E-state index is 0.00994. The fraction of sp³-hybridized carbons (Fsp3) is 0.947. The third-order valence-electron chi connectivity index (χ3n) is 13.5. The van der Waals surface area contributed by atoms with Crippen molar-refractivity contribution in [3.63, 3.8) is 0 Å². The number of carbonyl (C=O) groups is 2. The molecule has 2 amide bonds. The van der Waals surface area contributed by atoms with Crippen molar-refractivity contribution in [3.8, 4) is 0 Å². The molecule has 0 aromatic heterocycles. The summed E-state index contributed by atoms with van der Waals surface area (Å²) in [6.07, 6.45) is 10.7. The molecule has 4 heterocycles. The van der Waals surface area contributed by atoms with E-state index in [4.69, 9.17) is 9.47 Å². The van der Waals surface area contributed by atoms with Crippen molar-refractivity contribution in [2.45, 2.75) is 104 Å². The van der Waals surface area contributed by atoms with Crippen molar-refractivity contribution in [2.75, 3.05) is 78.8 Å². The Morgan fingerprint density at radius 2 is 1.53 bits per heavy atom. The van der Waals surface area contributed by atoms with E-state index in [0.29, 0.717) is 30.5 Å². The summed E-state index contributed by atoms with van der Waals surface area (Å²) in [6.45, 7) is 21.2. The van der Waals surface area contributed by atoms with Crippen LogP contribution in [0.1, 0.15) is 85.5 Å². The Kier molecular flexibility index (Phi) is 12.6. The second kappa shape index (κ2) is 16.6. The van der Waals surface area contributed by atoms with Crippen LogP contribution in [0.2, 0.25) is 0 Å². The minimum atomic E-state index is -0.133. The van der Waals surface area contributed by atoms with Crippen LogP contribution in [0, 0.1) is 47.3 Å². The zero-order valence-electron chi connectivity index (χ0n) is 30.2. The van der Waals surface area contributed by atoms with E-state index in [1.54, 1.807) is 0 Å². The van der Waals surface area contributed by atoms with Gasteiger partial charge in [-0.1, -0.05) is 20.8 Å². The standard InChI is InChI=1S/C38H67N5O4/c1-5-43(33-10-14-46-15-11-33)36-20-32(19-34(28(36)4)37(44)39-21-35-26(2)18-27(3)40-38(35)45)31-8-6-29(7-9-31)22-42-24-30(25-42)23-41-12-16-47-17-13-41/h26-36H,5-25H2,1-4H3,(H,39,44)(H,40,45). The van der Waals surface area contributed by atoms with Crippen LogP contribution in [-0.2, 0) is 19.1 Å². The highest BCUT2D eigenvalue weighted by atomic mass is 16.5. The van der Waals surface area contributed by atoms with Crippen LogP contribution < -0.4 is 10.6 Å². The summed E-state index contributed by atoms with van der Waals surface area (Å²) < 4.78 is 11.3. The van der Waals surface area contributed by atoms with Crippen molar-refractivity contribution in [1.29, 1.82) is 0 Å². The average Bonchev–Trinajstić information content (AvgIpc) is 3.05. The Bertz CT molecular complexity index is 1000. The lowest BCUT2D eigenvalue weighted by atomic mass is 9.63. The van der Waals surface area contributed by atoms with Gasteiger partial charge in [0, 0.05) is 83.1 Å². The molecule has 7 unspecified atom stereocenters. The van der Waals surface area contributed by atoms with Crippen molar-refractivity contribution in [1.82, 2.24) is 25.3 Å². The SMILES string of the molecule is CCN(C1CCOCC1)C1CC(C2CCC(CN3CC(CN4CCOCC4)C3)CC2)CC(C(=O)NCC2C(=O)NC(C)CC2C)C1C. The Hall–Kier alpha value is -1.26. The first-order chi connectivity index (χ1) is 22.8. The van der Waals surface area contributed by atoms with E-state index in [9.17, 15) is 9.59 Å². The van der Waals surface area contributed by atoms with Crippen LogP contribution in [0.15, 0.2) is 0 Å². The molecule has 2 N–H and O–H groups in total. The van der Waals surface area contributed by atoms with E-state index in [0.717, 1.165) is 89.5 Å². The fourth-order valence-corrected chi connectivity index (χ4v) is 10.7. The average molecular weight is 658 g/mol. The molecule has 4 aliphatic heterocycles. The zero-order valence-corrected chi connectivity index (χ0v) is 30.2. The number of ether oxygens (including phenoxy) is 2. The number of amides is 2. The summed E-state index contributed by atoms with van der Waals surface area (Å²) in [5.41, 5.74) is 0. The number of nitrogens with zero attached hydrogens (tertiary/aromatic N) is 3. The van der Waals surface area contributed by atoms with Gasteiger partial charge >= 0.3 is 0 Å².